The lowest BCUT2D eigenvalue weighted by Crippen LogP contribution is -2.20. The molecule has 0 amide bonds. The molecule has 0 bridgehead atoms. The molecule has 2 N–H and O–H groups in total. The molecule has 0 heterocycles. The predicted molar refractivity (Wildman–Crippen MR) is 87.3 cm³/mol. The van der Waals surface area contributed by atoms with Gasteiger partial charge in [0.1, 0.15) is 11.5 Å². The Kier molecular flexibility index (Phi) is 3.75. The number of hydrogen-bond acceptors (Lipinski definition) is 2. The summed E-state index contributed by atoms with van der Waals surface area (Å²) in [6, 6.07) is 7.94. The number of hydrogen-bond donors (Lipinski definition) is 2. The number of phenolic OH excluding ortho intramolecular Hbond substituents is 2. The van der Waals surface area contributed by atoms with Crippen LogP contribution in [0.5, 0.6) is 11.5 Å². The molecule has 0 aliphatic heterocycles. The molecule has 2 aromatic rings. The van der Waals surface area contributed by atoms with E-state index in [1.54, 1.807) is 0 Å². The Hall–Kier alpha value is -1.96. The molecule has 0 aliphatic rings. The molecule has 2 heteroatoms. The maximum atomic E-state index is 10.5. The van der Waals surface area contributed by atoms with E-state index < -0.39 is 5.41 Å². The van der Waals surface area contributed by atoms with Crippen LogP contribution in [0.4, 0.5) is 0 Å². The van der Waals surface area contributed by atoms with Crippen LogP contribution >= 0.6 is 0 Å². The fourth-order valence-corrected chi connectivity index (χ4v) is 2.76. The van der Waals surface area contributed by atoms with Gasteiger partial charge in [-0.1, -0.05) is 38.1 Å². The summed E-state index contributed by atoms with van der Waals surface area (Å²) in [4.78, 5) is 0. The van der Waals surface area contributed by atoms with Crippen LogP contribution in [0.2, 0.25) is 0 Å². The molecule has 0 radical (unpaired) electrons. The molecule has 0 saturated heterocycles. The molecule has 0 saturated carbocycles. The van der Waals surface area contributed by atoms with Gasteiger partial charge in [-0.05, 0) is 49.9 Å². The SMILES string of the molecule is Cc1ccc(C(C)(C)c2ccc(C)c(C)c2O)c(O)c1C. The molecule has 0 atom stereocenters. The van der Waals surface area contributed by atoms with Gasteiger partial charge >= 0.3 is 0 Å². The van der Waals surface area contributed by atoms with Crippen molar-refractivity contribution in [2.75, 3.05) is 0 Å². The highest BCUT2D eigenvalue weighted by molar-refractivity contribution is 5.56. The lowest BCUT2D eigenvalue weighted by atomic mass is 9.75. The number of rotatable bonds is 2. The Bertz CT molecular complexity index is 638. The molecule has 0 fully saturated rings. The second kappa shape index (κ2) is 5.10. The Morgan fingerprint density at radius 3 is 1.33 bits per heavy atom. The van der Waals surface area contributed by atoms with Crippen molar-refractivity contribution >= 4 is 0 Å². The van der Waals surface area contributed by atoms with Crippen LogP contribution in [-0.4, -0.2) is 10.2 Å². The van der Waals surface area contributed by atoms with Gasteiger partial charge in [0.15, 0.2) is 0 Å². The fourth-order valence-electron chi connectivity index (χ4n) is 2.76. The van der Waals surface area contributed by atoms with Crippen molar-refractivity contribution in [2.45, 2.75) is 47.0 Å². The first kappa shape index (κ1) is 15.4. The van der Waals surface area contributed by atoms with E-state index in [1.807, 2.05) is 65.8 Å². The van der Waals surface area contributed by atoms with Crippen molar-refractivity contribution in [1.82, 2.24) is 0 Å². The number of phenols is 2. The summed E-state index contributed by atoms with van der Waals surface area (Å²) >= 11 is 0. The van der Waals surface area contributed by atoms with Gasteiger partial charge in [0.25, 0.3) is 0 Å². The zero-order chi connectivity index (χ0) is 15.9. The van der Waals surface area contributed by atoms with Crippen LogP contribution in [0.25, 0.3) is 0 Å². The summed E-state index contributed by atoms with van der Waals surface area (Å²) in [7, 11) is 0. The molecular weight excluding hydrogens is 260 g/mol. The second-order valence-electron chi connectivity index (χ2n) is 6.43. The predicted octanol–water partition coefficient (Wildman–Crippen LogP) is 4.66. The van der Waals surface area contributed by atoms with E-state index in [2.05, 4.69) is 0 Å². The Balaban J connectivity index is 2.68. The third kappa shape index (κ3) is 2.39. The molecule has 112 valence electrons. The third-order valence-electron chi connectivity index (χ3n) is 4.75. The van der Waals surface area contributed by atoms with Crippen LogP contribution in [0, 0.1) is 27.7 Å². The molecule has 21 heavy (non-hydrogen) atoms. The maximum absolute atomic E-state index is 10.5. The first-order valence-electron chi connectivity index (χ1n) is 7.27. The summed E-state index contributed by atoms with van der Waals surface area (Å²) in [6.07, 6.45) is 0. The summed E-state index contributed by atoms with van der Waals surface area (Å²) in [5, 5.41) is 21.0. The highest BCUT2D eigenvalue weighted by atomic mass is 16.3. The van der Waals surface area contributed by atoms with Crippen LogP contribution in [0.15, 0.2) is 24.3 Å². The van der Waals surface area contributed by atoms with Crippen molar-refractivity contribution < 1.29 is 10.2 Å². The van der Waals surface area contributed by atoms with E-state index in [-0.39, 0.29) is 0 Å². The van der Waals surface area contributed by atoms with E-state index in [1.165, 1.54) is 0 Å². The standard InChI is InChI=1S/C19H24O2/c1-11-7-9-15(17(20)13(11)3)19(5,6)16-10-8-12(2)14(4)18(16)21/h7-10,20-21H,1-6H3. The van der Waals surface area contributed by atoms with E-state index in [0.717, 1.165) is 33.4 Å². The highest BCUT2D eigenvalue weighted by Gasteiger charge is 2.30. The highest BCUT2D eigenvalue weighted by Crippen LogP contribution is 2.43. The first-order valence-corrected chi connectivity index (χ1v) is 7.27. The minimum Gasteiger partial charge on any atom is -0.507 e. The number of aryl methyl sites for hydroxylation is 2. The lowest BCUT2D eigenvalue weighted by Gasteiger charge is -2.29. The zero-order valence-corrected chi connectivity index (χ0v) is 13.7. The lowest BCUT2D eigenvalue weighted by molar-refractivity contribution is 0.431. The summed E-state index contributed by atoms with van der Waals surface area (Å²) in [6.45, 7) is 11.9. The van der Waals surface area contributed by atoms with E-state index >= 15 is 0 Å². The molecule has 2 nitrogen and oxygen atoms in total. The van der Waals surface area contributed by atoms with Gasteiger partial charge < -0.3 is 10.2 Å². The zero-order valence-electron chi connectivity index (χ0n) is 13.7. The average Bonchev–Trinajstić information content (AvgIpc) is 2.41. The van der Waals surface area contributed by atoms with Crippen LogP contribution < -0.4 is 0 Å². The average molecular weight is 284 g/mol. The molecule has 2 rings (SSSR count). The minimum atomic E-state index is -0.467. The summed E-state index contributed by atoms with van der Waals surface area (Å²) < 4.78 is 0. The maximum Gasteiger partial charge on any atom is 0.122 e. The topological polar surface area (TPSA) is 40.5 Å². The van der Waals surface area contributed by atoms with Crippen molar-refractivity contribution in [1.29, 1.82) is 0 Å². The first-order chi connectivity index (χ1) is 9.67. The van der Waals surface area contributed by atoms with E-state index in [4.69, 9.17) is 0 Å². The minimum absolute atomic E-state index is 0.317. The van der Waals surface area contributed by atoms with Crippen LogP contribution in [0.3, 0.4) is 0 Å². The van der Waals surface area contributed by atoms with Gasteiger partial charge in [-0.15, -0.1) is 0 Å². The monoisotopic (exact) mass is 284 g/mol. The second-order valence-corrected chi connectivity index (χ2v) is 6.43. The molecule has 0 unspecified atom stereocenters. The molecule has 0 aromatic heterocycles. The van der Waals surface area contributed by atoms with Gasteiger partial charge in [0.2, 0.25) is 0 Å². The van der Waals surface area contributed by atoms with Crippen molar-refractivity contribution in [3.63, 3.8) is 0 Å². The van der Waals surface area contributed by atoms with Gasteiger partial charge in [0, 0.05) is 16.5 Å². The van der Waals surface area contributed by atoms with Gasteiger partial charge in [-0.2, -0.15) is 0 Å². The van der Waals surface area contributed by atoms with E-state index in [9.17, 15) is 10.2 Å². The van der Waals surface area contributed by atoms with Gasteiger partial charge in [-0.25, -0.2) is 0 Å². The van der Waals surface area contributed by atoms with Gasteiger partial charge in [-0.3, -0.25) is 0 Å². The summed E-state index contributed by atoms with van der Waals surface area (Å²) in [5.41, 5.74) is 5.12. The fraction of sp³-hybridized carbons (Fsp3) is 0.368. The van der Waals surface area contributed by atoms with Crippen molar-refractivity contribution in [3.05, 3.63) is 57.6 Å². The molecule has 2 aromatic carbocycles. The Morgan fingerprint density at radius 2 is 1.00 bits per heavy atom. The molecule has 0 spiro atoms. The number of benzene rings is 2. The van der Waals surface area contributed by atoms with Crippen LogP contribution in [-0.2, 0) is 5.41 Å². The Labute approximate surface area is 127 Å². The van der Waals surface area contributed by atoms with E-state index in [0.29, 0.717) is 11.5 Å². The van der Waals surface area contributed by atoms with Crippen molar-refractivity contribution in [2.24, 2.45) is 0 Å². The smallest absolute Gasteiger partial charge is 0.122 e. The number of aromatic hydroxyl groups is 2. The summed E-state index contributed by atoms with van der Waals surface area (Å²) in [5.74, 6) is 0.634. The van der Waals surface area contributed by atoms with Crippen molar-refractivity contribution in [3.8, 4) is 11.5 Å². The Morgan fingerprint density at radius 1 is 0.667 bits per heavy atom. The van der Waals surface area contributed by atoms with Crippen LogP contribution in [0.1, 0.15) is 47.2 Å². The third-order valence-corrected chi connectivity index (χ3v) is 4.75. The van der Waals surface area contributed by atoms with Gasteiger partial charge in [0.05, 0.1) is 0 Å². The normalized spacial score (nSPS) is 11.7. The largest absolute Gasteiger partial charge is 0.507 e. The molecule has 0 aliphatic carbocycles. The molecular formula is C19H24O2. The quantitative estimate of drug-likeness (QED) is 0.842.